The van der Waals surface area contributed by atoms with Gasteiger partial charge >= 0.3 is 0 Å². The van der Waals surface area contributed by atoms with Crippen molar-refractivity contribution in [2.75, 3.05) is 79.5 Å². The zero-order valence-corrected chi connectivity index (χ0v) is 19.8. The fourth-order valence-electron chi connectivity index (χ4n) is 4.17. The van der Waals surface area contributed by atoms with Crippen LogP contribution in [0.5, 0.6) is 0 Å². The molecule has 172 valence electrons. The second kappa shape index (κ2) is 12.3. The van der Waals surface area contributed by atoms with Crippen LogP contribution in [0.3, 0.4) is 0 Å². The molecule has 1 aromatic carbocycles. The molecule has 8 heteroatoms. The van der Waals surface area contributed by atoms with E-state index in [4.69, 9.17) is 11.6 Å². The van der Waals surface area contributed by atoms with Crippen LogP contribution < -0.4 is 5.32 Å². The van der Waals surface area contributed by atoms with E-state index in [0.717, 1.165) is 50.7 Å². The summed E-state index contributed by atoms with van der Waals surface area (Å²) in [7, 11) is 4.03. The Bertz CT molecular complexity index is 727. The summed E-state index contributed by atoms with van der Waals surface area (Å²) in [5.41, 5.74) is 0.967. The molecule has 2 aliphatic rings. The summed E-state index contributed by atoms with van der Waals surface area (Å²) in [6.07, 6.45) is 2.75. The minimum absolute atomic E-state index is 0.161. The summed E-state index contributed by atoms with van der Waals surface area (Å²) in [5, 5.41) is 4.18. The maximum absolute atomic E-state index is 12.6. The third kappa shape index (κ3) is 7.66. The fourth-order valence-corrected chi connectivity index (χ4v) is 4.38. The molecule has 1 N–H and O–H groups in total. The minimum atomic E-state index is 0.161. The van der Waals surface area contributed by atoms with Crippen LogP contribution in [-0.2, 0) is 11.2 Å². The smallest absolute Gasteiger partial charge is 0.227 e. The SMILES string of the molecule is CN=C(NCCCCN1CCN(C)CC1)N1CCN(C(=O)Cc2cccc(Cl)c2)CC1. The van der Waals surface area contributed by atoms with Crippen LogP contribution in [0.15, 0.2) is 29.3 Å². The normalized spacial score (nSPS) is 19.0. The zero-order chi connectivity index (χ0) is 22.1. The van der Waals surface area contributed by atoms with Crippen LogP contribution in [0.2, 0.25) is 5.02 Å². The number of likely N-dealkylation sites (N-methyl/N-ethyl adjacent to an activating group) is 1. The predicted octanol–water partition coefficient (Wildman–Crippen LogP) is 1.63. The number of piperazine rings is 2. The van der Waals surface area contributed by atoms with Crippen LogP contribution in [0.1, 0.15) is 18.4 Å². The Labute approximate surface area is 192 Å². The zero-order valence-electron chi connectivity index (χ0n) is 19.0. The van der Waals surface area contributed by atoms with Gasteiger partial charge in [-0.3, -0.25) is 9.79 Å². The van der Waals surface area contributed by atoms with E-state index in [1.54, 1.807) is 0 Å². The van der Waals surface area contributed by atoms with E-state index in [-0.39, 0.29) is 5.91 Å². The summed E-state index contributed by atoms with van der Waals surface area (Å²) in [6, 6.07) is 7.55. The van der Waals surface area contributed by atoms with Crippen molar-refractivity contribution >= 4 is 23.5 Å². The number of benzene rings is 1. The highest BCUT2D eigenvalue weighted by atomic mass is 35.5. The number of nitrogens with one attached hydrogen (secondary N) is 1. The number of halogens is 1. The van der Waals surface area contributed by atoms with Gasteiger partial charge in [-0.2, -0.15) is 0 Å². The van der Waals surface area contributed by atoms with Crippen molar-refractivity contribution in [2.45, 2.75) is 19.3 Å². The number of hydrogen-bond acceptors (Lipinski definition) is 4. The molecule has 2 heterocycles. The molecule has 3 rings (SSSR count). The molecule has 1 aromatic rings. The summed E-state index contributed by atoms with van der Waals surface area (Å²) in [6.45, 7) is 9.92. The van der Waals surface area contributed by atoms with Gasteiger partial charge in [-0.15, -0.1) is 0 Å². The Kier molecular flexibility index (Phi) is 9.43. The van der Waals surface area contributed by atoms with Crippen molar-refractivity contribution in [1.82, 2.24) is 24.9 Å². The average Bonchev–Trinajstić information content (AvgIpc) is 2.78. The van der Waals surface area contributed by atoms with Crippen LogP contribution in [0.25, 0.3) is 0 Å². The number of rotatable bonds is 7. The number of carbonyl (C=O) groups excluding carboxylic acids is 1. The van der Waals surface area contributed by atoms with Crippen molar-refractivity contribution in [2.24, 2.45) is 4.99 Å². The molecule has 0 spiro atoms. The molecule has 0 bridgehead atoms. The van der Waals surface area contributed by atoms with Crippen LogP contribution >= 0.6 is 11.6 Å². The Balaban J connectivity index is 1.32. The van der Waals surface area contributed by atoms with Gasteiger partial charge in [0.15, 0.2) is 5.96 Å². The molecule has 2 fully saturated rings. The Morgan fingerprint density at radius 1 is 1.03 bits per heavy atom. The first-order valence-corrected chi connectivity index (χ1v) is 11.8. The maximum Gasteiger partial charge on any atom is 0.227 e. The van der Waals surface area contributed by atoms with E-state index in [2.05, 4.69) is 32.1 Å². The molecule has 1 amide bonds. The lowest BCUT2D eigenvalue weighted by molar-refractivity contribution is -0.131. The second-order valence-corrected chi connectivity index (χ2v) is 8.94. The van der Waals surface area contributed by atoms with Gasteiger partial charge in [-0.05, 0) is 44.1 Å². The predicted molar refractivity (Wildman–Crippen MR) is 128 cm³/mol. The number of carbonyl (C=O) groups is 1. The first-order valence-electron chi connectivity index (χ1n) is 11.4. The van der Waals surface area contributed by atoms with Crippen molar-refractivity contribution in [3.63, 3.8) is 0 Å². The number of guanidine groups is 1. The molecular weight excluding hydrogens is 412 g/mol. The molecule has 31 heavy (non-hydrogen) atoms. The summed E-state index contributed by atoms with van der Waals surface area (Å²) < 4.78 is 0. The van der Waals surface area contributed by atoms with E-state index in [9.17, 15) is 4.79 Å². The molecule has 2 aliphatic heterocycles. The first kappa shape index (κ1) is 23.8. The molecule has 0 atom stereocenters. The molecule has 0 unspecified atom stereocenters. The molecule has 2 saturated heterocycles. The van der Waals surface area contributed by atoms with Gasteiger partial charge in [0.05, 0.1) is 6.42 Å². The molecule has 0 radical (unpaired) electrons. The number of nitrogens with zero attached hydrogens (tertiary/aromatic N) is 5. The third-order valence-electron chi connectivity index (χ3n) is 6.17. The monoisotopic (exact) mass is 448 g/mol. The Morgan fingerprint density at radius 2 is 1.74 bits per heavy atom. The highest BCUT2D eigenvalue weighted by Gasteiger charge is 2.23. The van der Waals surface area contributed by atoms with E-state index in [1.807, 2.05) is 36.2 Å². The highest BCUT2D eigenvalue weighted by molar-refractivity contribution is 6.30. The maximum atomic E-state index is 12.6. The second-order valence-electron chi connectivity index (χ2n) is 8.50. The first-order chi connectivity index (χ1) is 15.0. The van der Waals surface area contributed by atoms with Crippen LogP contribution in [-0.4, -0.2) is 111 Å². The highest BCUT2D eigenvalue weighted by Crippen LogP contribution is 2.13. The molecule has 0 aliphatic carbocycles. The topological polar surface area (TPSA) is 54.4 Å². The van der Waals surface area contributed by atoms with Gasteiger partial charge in [-0.1, -0.05) is 23.7 Å². The van der Waals surface area contributed by atoms with Gasteiger partial charge in [0.2, 0.25) is 5.91 Å². The third-order valence-corrected chi connectivity index (χ3v) is 6.40. The van der Waals surface area contributed by atoms with E-state index in [1.165, 1.54) is 39.1 Å². The van der Waals surface area contributed by atoms with Crippen LogP contribution in [0, 0.1) is 0 Å². The van der Waals surface area contributed by atoms with Crippen molar-refractivity contribution in [1.29, 1.82) is 0 Å². The van der Waals surface area contributed by atoms with Crippen molar-refractivity contribution in [3.8, 4) is 0 Å². The molecule has 0 saturated carbocycles. The van der Waals surface area contributed by atoms with Gasteiger partial charge < -0.3 is 24.9 Å². The van der Waals surface area contributed by atoms with Gasteiger partial charge in [0.25, 0.3) is 0 Å². The summed E-state index contributed by atoms with van der Waals surface area (Å²) in [4.78, 5) is 26.2. The van der Waals surface area contributed by atoms with Gasteiger partial charge in [0.1, 0.15) is 0 Å². The van der Waals surface area contributed by atoms with E-state index < -0.39 is 0 Å². The van der Waals surface area contributed by atoms with E-state index in [0.29, 0.717) is 11.4 Å². The number of hydrogen-bond donors (Lipinski definition) is 1. The van der Waals surface area contributed by atoms with Crippen LogP contribution in [0.4, 0.5) is 0 Å². The lowest BCUT2D eigenvalue weighted by Gasteiger charge is -2.36. The number of amides is 1. The van der Waals surface area contributed by atoms with E-state index >= 15 is 0 Å². The van der Waals surface area contributed by atoms with Gasteiger partial charge in [-0.25, -0.2) is 0 Å². The summed E-state index contributed by atoms with van der Waals surface area (Å²) >= 11 is 6.03. The fraction of sp³-hybridized carbons (Fsp3) is 0.652. The number of aliphatic imine (C=N–C) groups is 1. The largest absolute Gasteiger partial charge is 0.356 e. The average molecular weight is 449 g/mol. The lowest BCUT2D eigenvalue weighted by Crippen LogP contribution is -2.54. The number of unbranched alkanes of at least 4 members (excludes halogenated alkanes) is 1. The van der Waals surface area contributed by atoms with Crippen molar-refractivity contribution < 1.29 is 4.79 Å². The lowest BCUT2D eigenvalue weighted by atomic mass is 10.1. The summed E-state index contributed by atoms with van der Waals surface area (Å²) in [5.74, 6) is 1.11. The Hall–Kier alpha value is -1.83. The standard InChI is InChI=1S/C23H37ClN6O/c1-25-23(26-8-3-4-9-28-12-10-27(2)11-13-28)30-16-14-29(15-17-30)22(31)19-20-6-5-7-21(24)18-20/h5-7,18H,3-4,8-17,19H2,1-2H3,(H,25,26). The Morgan fingerprint density at radius 3 is 2.42 bits per heavy atom. The quantitative estimate of drug-likeness (QED) is 0.390. The van der Waals surface area contributed by atoms with Gasteiger partial charge in [0, 0.05) is 71.0 Å². The minimum Gasteiger partial charge on any atom is -0.356 e. The molecule has 0 aromatic heterocycles. The molecule has 7 nitrogen and oxygen atoms in total. The molecular formula is C23H37ClN6O. The van der Waals surface area contributed by atoms with Crippen molar-refractivity contribution in [3.05, 3.63) is 34.9 Å².